The van der Waals surface area contributed by atoms with Gasteiger partial charge in [-0.1, -0.05) is 5.30 Å². The molecule has 0 saturated heterocycles. The third-order valence-corrected chi connectivity index (χ3v) is 0. The van der Waals surface area contributed by atoms with Crippen molar-refractivity contribution in [3.8, 4) is 0 Å². The summed E-state index contributed by atoms with van der Waals surface area (Å²) in [6.45, 7) is 0. The van der Waals surface area contributed by atoms with Crippen molar-refractivity contribution in [2.75, 3.05) is 0 Å². The SMILES string of the molecule is O=C([O-])[S-].[Sr+2]. The van der Waals surface area contributed by atoms with Gasteiger partial charge in [0.15, 0.2) is 0 Å². The fraction of sp³-hybridized carbons (Fsp3) is 0. The largest absolute Gasteiger partial charge is 2.00 e. The number of rotatable bonds is 0. The molecule has 0 aliphatic carbocycles. The zero-order valence-corrected chi connectivity index (χ0v) is 6.72. The van der Waals surface area contributed by atoms with Gasteiger partial charge in [0.25, 0.3) is 0 Å². The van der Waals surface area contributed by atoms with Gasteiger partial charge in [0, 0.05) is 0 Å². The number of hydrogen-bond acceptors (Lipinski definition) is 3. The number of carboxylic acid groups (broad SMARTS) is 1. The minimum Gasteiger partial charge on any atom is -0.764 e. The third-order valence-electron chi connectivity index (χ3n) is 0. The summed E-state index contributed by atoms with van der Waals surface area (Å²) in [6, 6.07) is 0. The molecule has 0 aromatic heterocycles. The van der Waals surface area contributed by atoms with Crippen LogP contribution in [-0.2, 0) is 12.6 Å². The Morgan fingerprint density at radius 2 is 1.80 bits per heavy atom. The van der Waals surface area contributed by atoms with Crippen molar-refractivity contribution in [2.45, 2.75) is 0 Å². The van der Waals surface area contributed by atoms with Crippen molar-refractivity contribution in [2.24, 2.45) is 0 Å². The van der Waals surface area contributed by atoms with Crippen LogP contribution >= 0.6 is 0 Å². The molecule has 0 fully saturated rings. The van der Waals surface area contributed by atoms with Crippen molar-refractivity contribution in [1.29, 1.82) is 0 Å². The minimum atomic E-state index is -1.50. The standard InChI is InChI=1S/CH2O2S.Sr/c2-1(3)4;/h4H,(H,2,3);/q;+2/p-2. The molecule has 0 aromatic carbocycles. The smallest absolute Gasteiger partial charge is 0.764 e. The molecule has 0 aliphatic rings. The molecule has 0 N–H and O–H groups in total. The zero-order valence-electron chi connectivity index (χ0n) is 2.43. The van der Waals surface area contributed by atoms with Crippen molar-refractivity contribution < 1.29 is 9.90 Å². The summed E-state index contributed by atoms with van der Waals surface area (Å²) in [4.78, 5) is 8.70. The Kier molecular flexibility index (Phi) is 9.81. The van der Waals surface area contributed by atoms with Crippen molar-refractivity contribution in [1.82, 2.24) is 0 Å². The molecule has 0 aliphatic heterocycles. The molecule has 4 heteroatoms. The Morgan fingerprint density at radius 1 is 1.80 bits per heavy atom. The van der Waals surface area contributed by atoms with E-state index in [9.17, 15) is 0 Å². The minimum absolute atomic E-state index is 0. The van der Waals surface area contributed by atoms with E-state index < -0.39 is 5.30 Å². The van der Waals surface area contributed by atoms with Crippen LogP contribution in [0.25, 0.3) is 0 Å². The second-order valence-corrected chi connectivity index (χ2v) is 0.583. The zero-order chi connectivity index (χ0) is 3.58. The fourth-order valence-corrected chi connectivity index (χ4v) is 0. The van der Waals surface area contributed by atoms with E-state index in [0.717, 1.165) is 0 Å². The normalized spacial score (nSPS) is 4.80. The fourth-order valence-electron chi connectivity index (χ4n) is 0. The van der Waals surface area contributed by atoms with Crippen molar-refractivity contribution in [3.05, 3.63) is 0 Å². The van der Waals surface area contributed by atoms with Crippen LogP contribution in [0, 0.1) is 0 Å². The maximum Gasteiger partial charge on any atom is 2.00 e. The molecule has 0 aromatic rings. The molecule has 0 atom stereocenters. The van der Waals surface area contributed by atoms with E-state index in [2.05, 4.69) is 12.6 Å². The Hall–Kier alpha value is 1.17. The average molecular weight is 164 g/mol. The summed E-state index contributed by atoms with van der Waals surface area (Å²) < 4.78 is 0. The average Bonchev–Trinajstić information content (AvgIpc) is 0.811. The van der Waals surface area contributed by atoms with Gasteiger partial charge in [-0.15, -0.1) is 0 Å². The second-order valence-electron chi connectivity index (χ2n) is 0.250. The van der Waals surface area contributed by atoms with Crippen LogP contribution in [0.5, 0.6) is 0 Å². The molecular formula is CO2SSr. The molecule has 0 amide bonds. The van der Waals surface area contributed by atoms with E-state index in [0.29, 0.717) is 0 Å². The summed E-state index contributed by atoms with van der Waals surface area (Å²) in [7, 11) is 0. The Labute approximate surface area is 72.2 Å². The first-order valence-electron chi connectivity index (χ1n) is 0.612. The van der Waals surface area contributed by atoms with Crippen LogP contribution in [-0.4, -0.2) is 50.8 Å². The molecule has 0 bridgehead atoms. The molecule has 0 rings (SSSR count). The maximum absolute atomic E-state index is 8.70. The molecule has 2 nitrogen and oxygen atoms in total. The van der Waals surface area contributed by atoms with E-state index in [1.807, 2.05) is 0 Å². The predicted octanol–water partition coefficient (Wildman–Crippen LogP) is -1.50. The van der Waals surface area contributed by atoms with Crippen LogP contribution in [0.3, 0.4) is 0 Å². The molecular weight excluding hydrogens is 164 g/mol. The van der Waals surface area contributed by atoms with Gasteiger partial charge >= 0.3 is 45.5 Å². The summed E-state index contributed by atoms with van der Waals surface area (Å²) in [5.74, 6) is 0. The van der Waals surface area contributed by atoms with Gasteiger partial charge in [0.05, 0.1) is 0 Å². The quantitative estimate of drug-likeness (QED) is 0.322. The van der Waals surface area contributed by atoms with Gasteiger partial charge in [0.1, 0.15) is 0 Å². The van der Waals surface area contributed by atoms with Crippen LogP contribution in [0.2, 0.25) is 0 Å². The first-order valence-corrected chi connectivity index (χ1v) is 1.02. The number of carbonyl (C=O) groups excluding carboxylic acids is 1. The Morgan fingerprint density at radius 3 is 1.80 bits per heavy atom. The molecule has 0 spiro atoms. The van der Waals surface area contributed by atoms with E-state index in [-0.39, 0.29) is 45.5 Å². The summed E-state index contributed by atoms with van der Waals surface area (Å²) in [5, 5.41) is 7.20. The van der Waals surface area contributed by atoms with Crippen LogP contribution < -0.4 is 5.11 Å². The van der Waals surface area contributed by atoms with Gasteiger partial charge in [-0.05, 0) is 0 Å². The van der Waals surface area contributed by atoms with Gasteiger partial charge in [-0.3, -0.25) is 0 Å². The summed E-state index contributed by atoms with van der Waals surface area (Å²) in [6.07, 6.45) is 0. The summed E-state index contributed by atoms with van der Waals surface area (Å²) in [5.41, 5.74) is 0. The van der Waals surface area contributed by atoms with E-state index in [4.69, 9.17) is 9.90 Å². The van der Waals surface area contributed by atoms with Crippen LogP contribution in [0.4, 0.5) is 4.79 Å². The van der Waals surface area contributed by atoms with Gasteiger partial charge in [-0.2, -0.15) is 0 Å². The molecule has 0 saturated carbocycles. The molecule has 5 heavy (non-hydrogen) atoms. The predicted molar refractivity (Wildman–Crippen MR) is 18.5 cm³/mol. The maximum atomic E-state index is 8.70. The molecule has 24 valence electrons. The molecule has 0 radical (unpaired) electrons. The van der Waals surface area contributed by atoms with E-state index in [1.54, 1.807) is 0 Å². The number of hydrogen-bond donors (Lipinski definition) is 0. The second kappa shape index (κ2) is 5.17. The first-order chi connectivity index (χ1) is 1.73. The Balaban J connectivity index is 0. The first kappa shape index (κ1) is 9.48. The van der Waals surface area contributed by atoms with Gasteiger partial charge < -0.3 is 22.5 Å². The Bertz CT molecular complexity index is 32.6. The van der Waals surface area contributed by atoms with Crippen LogP contribution in [0.15, 0.2) is 0 Å². The van der Waals surface area contributed by atoms with E-state index >= 15 is 0 Å². The van der Waals surface area contributed by atoms with Gasteiger partial charge in [-0.25, -0.2) is 0 Å². The van der Waals surface area contributed by atoms with Gasteiger partial charge in [0.2, 0.25) is 0 Å². The molecule has 0 heterocycles. The third kappa shape index (κ3) is 37.9. The monoisotopic (exact) mass is 164 g/mol. The summed E-state index contributed by atoms with van der Waals surface area (Å²) >= 11 is 3.43. The van der Waals surface area contributed by atoms with Crippen LogP contribution in [0.1, 0.15) is 0 Å². The number of carbonyl (C=O) groups is 1. The molecule has 0 unspecified atom stereocenters. The van der Waals surface area contributed by atoms with Crippen molar-refractivity contribution in [3.63, 3.8) is 0 Å². The van der Waals surface area contributed by atoms with Crippen molar-refractivity contribution >= 4 is 63.4 Å². The van der Waals surface area contributed by atoms with E-state index in [1.165, 1.54) is 0 Å². The topological polar surface area (TPSA) is 40.1 Å².